The first-order chi connectivity index (χ1) is 9.54. The molecular formula is C16H17NO3. The Bertz CT molecular complexity index is 576. The Balaban J connectivity index is 1.95. The molecule has 4 nitrogen and oxygen atoms in total. The summed E-state index contributed by atoms with van der Waals surface area (Å²) in [6.07, 6.45) is 0. The summed E-state index contributed by atoms with van der Waals surface area (Å²) in [4.78, 5) is 12.9. The Morgan fingerprint density at radius 1 is 0.950 bits per heavy atom. The van der Waals surface area contributed by atoms with E-state index in [0.29, 0.717) is 5.56 Å². The molecule has 0 radical (unpaired) electrons. The lowest BCUT2D eigenvalue weighted by molar-refractivity contribution is 0.0697. The monoisotopic (exact) mass is 271 g/mol. The molecule has 20 heavy (non-hydrogen) atoms. The fourth-order valence-electron chi connectivity index (χ4n) is 2.03. The zero-order chi connectivity index (χ0) is 14.5. The van der Waals surface area contributed by atoms with Gasteiger partial charge in [-0.3, -0.25) is 4.90 Å². The Morgan fingerprint density at radius 2 is 1.40 bits per heavy atom. The molecule has 2 aromatic carbocycles. The second-order valence-corrected chi connectivity index (χ2v) is 4.84. The maximum Gasteiger partial charge on any atom is 0.335 e. The lowest BCUT2D eigenvalue weighted by Crippen LogP contribution is -2.17. The van der Waals surface area contributed by atoms with Crippen LogP contribution in [0.1, 0.15) is 21.5 Å². The van der Waals surface area contributed by atoms with Crippen molar-refractivity contribution >= 4 is 5.97 Å². The quantitative estimate of drug-likeness (QED) is 0.877. The van der Waals surface area contributed by atoms with Gasteiger partial charge in [-0.1, -0.05) is 24.3 Å². The van der Waals surface area contributed by atoms with Crippen molar-refractivity contribution in [1.82, 2.24) is 4.90 Å². The molecule has 2 rings (SSSR count). The van der Waals surface area contributed by atoms with Crippen molar-refractivity contribution in [2.75, 3.05) is 7.05 Å². The molecule has 0 aliphatic rings. The van der Waals surface area contributed by atoms with Crippen molar-refractivity contribution < 1.29 is 15.0 Å². The lowest BCUT2D eigenvalue weighted by Gasteiger charge is -2.17. The molecule has 0 heterocycles. The Labute approximate surface area is 117 Å². The molecule has 0 spiro atoms. The van der Waals surface area contributed by atoms with Crippen LogP contribution >= 0.6 is 0 Å². The van der Waals surface area contributed by atoms with Gasteiger partial charge in [-0.2, -0.15) is 0 Å². The third-order valence-electron chi connectivity index (χ3n) is 3.04. The first-order valence-electron chi connectivity index (χ1n) is 6.33. The highest BCUT2D eigenvalue weighted by Gasteiger charge is 2.05. The molecule has 0 bridgehead atoms. The number of carbonyl (C=O) groups is 1. The van der Waals surface area contributed by atoms with E-state index in [2.05, 4.69) is 4.90 Å². The summed E-state index contributed by atoms with van der Waals surface area (Å²) in [5.74, 6) is -0.644. The summed E-state index contributed by atoms with van der Waals surface area (Å²) in [5, 5.41) is 18.1. The van der Waals surface area contributed by atoms with Crippen LogP contribution in [0.5, 0.6) is 5.75 Å². The van der Waals surface area contributed by atoms with Crippen molar-refractivity contribution in [3.05, 3.63) is 65.2 Å². The first-order valence-corrected chi connectivity index (χ1v) is 6.33. The number of phenolic OH excluding ortho intramolecular Hbond substituents is 1. The van der Waals surface area contributed by atoms with Gasteiger partial charge in [-0.05, 0) is 42.4 Å². The van der Waals surface area contributed by atoms with Crippen molar-refractivity contribution in [2.24, 2.45) is 0 Å². The van der Waals surface area contributed by atoms with E-state index in [4.69, 9.17) is 5.11 Å². The number of benzene rings is 2. The molecule has 0 unspecified atom stereocenters. The highest BCUT2D eigenvalue weighted by molar-refractivity contribution is 5.87. The maximum absolute atomic E-state index is 10.8. The minimum absolute atomic E-state index is 0.265. The average molecular weight is 271 g/mol. The molecule has 0 aliphatic carbocycles. The molecule has 0 saturated heterocycles. The summed E-state index contributed by atoms with van der Waals surface area (Å²) in [7, 11) is 2.00. The molecule has 0 fully saturated rings. The summed E-state index contributed by atoms with van der Waals surface area (Å²) < 4.78 is 0. The number of rotatable bonds is 5. The average Bonchev–Trinajstić information content (AvgIpc) is 2.42. The topological polar surface area (TPSA) is 60.8 Å². The molecule has 2 N–H and O–H groups in total. The second kappa shape index (κ2) is 6.21. The van der Waals surface area contributed by atoms with Gasteiger partial charge in [0.25, 0.3) is 0 Å². The normalized spacial score (nSPS) is 10.7. The third-order valence-corrected chi connectivity index (χ3v) is 3.04. The minimum Gasteiger partial charge on any atom is -0.508 e. The van der Waals surface area contributed by atoms with Gasteiger partial charge in [-0.25, -0.2) is 4.79 Å². The maximum atomic E-state index is 10.8. The molecular weight excluding hydrogens is 254 g/mol. The standard InChI is InChI=1S/C16H17NO3/c1-17(11-13-4-8-15(18)9-5-13)10-12-2-6-14(7-3-12)16(19)20/h2-9,18H,10-11H2,1H3,(H,19,20). The molecule has 104 valence electrons. The van der Waals surface area contributed by atoms with Crippen molar-refractivity contribution in [3.8, 4) is 5.75 Å². The molecule has 4 heteroatoms. The molecule has 2 aromatic rings. The van der Waals surface area contributed by atoms with E-state index in [0.717, 1.165) is 24.2 Å². The van der Waals surface area contributed by atoms with Gasteiger partial charge < -0.3 is 10.2 Å². The fourth-order valence-corrected chi connectivity index (χ4v) is 2.03. The van der Waals surface area contributed by atoms with Crippen LogP contribution in [-0.4, -0.2) is 28.1 Å². The lowest BCUT2D eigenvalue weighted by atomic mass is 10.1. The Hall–Kier alpha value is -2.33. The van der Waals surface area contributed by atoms with Crippen LogP contribution in [0.3, 0.4) is 0 Å². The zero-order valence-corrected chi connectivity index (χ0v) is 11.3. The van der Waals surface area contributed by atoms with E-state index in [1.165, 1.54) is 0 Å². The number of carboxylic acid groups (broad SMARTS) is 1. The van der Waals surface area contributed by atoms with Crippen LogP contribution in [0, 0.1) is 0 Å². The molecule has 0 aliphatic heterocycles. The van der Waals surface area contributed by atoms with Gasteiger partial charge in [0.05, 0.1) is 5.56 Å². The summed E-state index contributed by atoms with van der Waals surface area (Å²) >= 11 is 0. The van der Waals surface area contributed by atoms with Gasteiger partial charge in [0, 0.05) is 13.1 Å². The number of aromatic hydroxyl groups is 1. The third kappa shape index (κ3) is 3.83. The van der Waals surface area contributed by atoms with Crippen molar-refractivity contribution in [2.45, 2.75) is 13.1 Å². The number of hydrogen-bond acceptors (Lipinski definition) is 3. The first kappa shape index (κ1) is 14.1. The van der Waals surface area contributed by atoms with E-state index >= 15 is 0 Å². The number of hydrogen-bond donors (Lipinski definition) is 2. The molecule has 0 saturated carbocycles. The van der Waals surface area contributed by atoms with E-state index in [9.17, 15) is 9.90 Å². The van der Waals surface area contributed by atoms with Crippen LogP contribution in [0.4, 0.5) is 0 Å². The smallest absolute Gasteiger partial charge is 0.335 e. The molecule has 0 aromatic heterocycles. The van der Waals surface area contributed by atoms with Gasteiger partial charge >= 0.3 is 5.97 Å². The fraction of sp³-hybridized carbons (Fsp3) is 0.188. The summed E-state index contributed by atoms with van der Waals surface area (Å²) in [6, 6.07) is 14.0. The van der Waals surface area contributed by atoms with Gasteiger partial charge in [0.2, 0.25) is 0 Å². The molecule has 0 amide bonds. The van der Waals surface area contributed by atoms with Crippen LogP contribution in [0.2, 0.25) is 0 Å². The highest BCUT2D eigenvalue weighted by Crippen LogP contribution is 2.13. The second-order valence-electron chi connectivity index (χ2n) is 4.84. The predicted octanol–water partition coefficient (Wildman–Crippen LogP) is 2.72. The highest BCUT2D eigenvalue weighted by atomic mass is 16.4. The van der Waals surface area contributed by atoms with Crippen molar-refractivity contribution in [1.29, 1.82) is 0 Å². The number of phenols is 1. The van der Waals surface area contributed by atoms with Crippen LogP contribution in [0.25, 0.3) is 0 Å². The minimum atomic E-state index is -0.908. The number of carboxylic acids is 1. The summed E-state index contributed by atoms with van der Waals surface area (Å²) in [5.41, 5.74) is 2.48. The molecule has 0 atom stereocenters. The van der Waals surface area contributed by atoms with Crippen LogP contribution in [0.15, 0.2) is 48.5 Å². The van der Waals surface area contributed by atoms with E-state index in [-0.39, 0.29) is 5.75 Å². The van der Waals surface area contributed by atoms with E-state index in [1.54, 1.807) is 24.3 Å². The predicted molar refractivity (Wildman–Crippen MR) is 76.7 cm³/mol. The van der Waals surface area contributed by atoms with Gasteiger partial charge in [-0.15, -0.1) is 0 Å². The summed E-state index contributed by atoms with van der Waals surface area (Å²) in [6.45, 7) is 1.50. The van der Waals surface area contributed by atoms with Crippen LogP contribution < -0.4 is 0 Å². The van der Waals surface area contributed by atoms with Gasteiger partial charge in [0.15, 0.2) is 0 Å². The van der Waals surface area contributed by atoms with Crippen LogP contribution in [-0.2, 0) is 13.1 Å². The van der Waals surface area contributed by atoms with E-state index < -0.39 is 5.97 Å². The number of nitrogens with zero attached hydrogens (tertiary/aromatic N) is 1. The van der Waals surface area contributed by atoms with Gasteiger partial charge in [0.1, 0.15) is 5.75 Å². The Morgan fingerprint density at radius 3 is 1.85 bits per heavy atom. The SMILES string of the molecule is CN(Cc1ccc(O)cc1)Cc1ccc(C(=O)O)cc1. The Kier molecular flexibility index (Phi) is 4.38. The largest absolute Gasteiger partial charge is 0.508 e. The van der Waals surface area contributed by atoms with E-state index in [1.807, 2.05) is 31.3 Å². The van der Waals surface area contributed by atoms with Crippen molar-refractivity contribution in [3.63, 3.8) is 0 Å². The number of aromatic carboxylic acids is 1. The zero-order valence-electron chi connectivity index (χ0n) is 11.3.